The van der Waals surface area contributed by atoms with Gasteiger partial charge in [0.05, 0.1) is 11.9 Å². The SMILES string of the molecule is O=C(Nc1ccc(Cl)nc1)N1CCC2CCC(C1)S2. The molecule has 2 aliphatic heterocycles. The van der Waals surface area contributed by atoms with Gasteiger partial charge in [0.1, 0.15) is 5.15 Å². The van der Waals surface area contributed by atoms with Crippen LogP contribution in [0.5, 0.6) is 0 Å². The van der Waals surface area contributed by atoms with Crippen LogP contribution < -0.4 is 5.32 Å². The number of hydrogen-bond acceptors (Lipinski definition) is 3. The molecule has 1 N–H and O–H groups in total. The molecule has 19 heavy (non-hydrogen) atoms. The quantitative estimate of drug-likeness (QED) is 0.810. The lowest BCUT2D eigenvalue weighted by molar-refractivity contribution is 0.209. The molecule has 1 aromatic rings. The lowest BCUT2D eigenvalue weighted by atomic mass is 10.1. The summed E-state index contributed by atoms with van der Waals surface area (Å²) in [5.41, 5.74) is 0.691. The zero-order chi connectivity index (χ0) is 13.2. The summed E-state index contributed by atoms with van der Waals surface area (Å²) in [6, 6.07) is 3.42. The van der Waals surface area contributed by atoms with Crippen LogP contribution in [0.15, 0.2) is 18.3 Å². The highest BCUT2D eigenvalue weighted by Crippen LogP contribution is 2.38. The molecule has 0 aliphatic carbocycles. The summed E-state index contributed by atoms with van der Waals surface area (Å²) in [6.45, 7) is 1.70. The van der Waals surface area contributed by atoms with Crippen LogP contribution in [-0.2, 0) is 0 Å². The number of likely N-dealkylation sites (tertiary alicyclic amines) is 1. The Balaban J connectivity index is 1.62. The van der Waals surface area contributed by atoms with Gasteiger partial charge in [0.2, 0.25) is 0 Å². The number of hydrogen-bond donors (Lipinski definition) is 1. The number of urea groups is 1. The van der Waals surface area contributed by atoms with Crippen molar-refractivity contribution in [3.63, 3.8) is 0 Å². The molecule has 0 saturated carbocycles. The number of nitrogens with zero attached hydrogens (tertiary/aromatic N) is 2. The third kappa shape index (κ3) is 3.15. The van der Waals surface area contributed by atoms with E-state index in [-0.39, 0.29) is 6.03 Å². The third-order valence-corrected chi connectivity index (χ3v) is 5.46. The summed E-state index contributed by atoms with van der Waals surface area (Å²) >= 11 is 7.78. The summed E-state index contributed by atoms with van der Waals surface area (Å²) in [5.74, 6) is 0. The molecule has 4 nitrogen and oxygen atoms in total. The highest BCUT2D eigenvalue weighted by atomic mass is 35.5. The minimum absolute atomic E-state index is 0.0303. The number of nitrogens with one attached hydrogen (secondary N) is 1. The van der Waals surface area contributed by atoms with Crippen molar-refractivity contribution in [1.29, 1.82) is 0 Å². The van der Waals surface area contributed by atoms with Crippen LogP contribution in [0.3, 0.4) is 0 Å². The monoisotopic (exact) mass is 297 g/mol. The van der Waals surface area contributed by atoms with E-state index < -0.39 is 0 Å². The summed E-state index contributed by atoms with van der Waals surface area (Å²) in [4.78, 5) is 18.1. The maximum absolute atomic E-state index is 12.2. The van der Waals surface area contributed by atoms with Gasteiger partial charge in [-0.3, -0.25) is 0 Å². The molecule has 102 valence electrons. The van der Waals surface area contributed by atoms with Gasteiger partial charge in [0.25, 0.3) is 0 Å². The molecule has 1 aromatic heterocycles. The number of anilines is 1. The van der Waals surface area contributed by atoms with Crippen LogP contribution in [0.4, 0.5) is 10.5 Å². The molecule has 0 spiro atoms. The van der Waals surface area contributed by atoms with E-state index in [9.17, 15) is 4.79 Å². The summed E-state index contributed by atoms with van der Waals surface area (Å²) in [5, 5.41) is 4.68. The zero-order valence-corrected chi connectivity index (χ0v) is 12.1. The lowest BCUT2D eigenvalue weighted by Crippen LogP contribution is -2.39. The third-order valence-electron chi connectivity index (χ3n) is 3.61. The molecule has 2 bridgehead atoms. The van der Waals surface area contributed by atoms with Gasteiger partial charge in [-0.15, -0.1) is 0 Å². The highest BCUT2D eigenvalue weighted by molar-refractivity contribution is 8.00. The molecular weight excluding hydrogens is 282 g/mol. The molecule has 2 aliphatic rings. The number of pyridine rings is 1. The molecule has 2 saturated heterocycles. The van der Waals surface area contributed by atoms with E-state index in [1.165, 1.54) is 12.8 Å². The fourth-order valence-corrected chi connectivity index (χ4v) is 4.31. The summed E-state index contributed by atoms with van der Waals surface area (Å²) in [6.07, 6.45) is 5.24. The van der Waals surface area contributed by atoms with Crippen molar-refractivity contribution >= 4 is 35.1 Å². The molecular formula is C13H16ClN3OS. The van der Waals surface area contributed by atoms with Crippen LogP contribution >= 0.6 is 23.4 Å². The fraction of sp³-hybridized carbons (Fsp3) is 0.538. The van der Waals surface area contributed by atoms with Crippen molar-refractivity contribution in [2.45, 2.75) is 29.8 Å². The van der Waals surface area contributed by atoms with Gasteiger partial charge in [-0.1, -0.05) is 11.6 Å². The molecule has 0 aromatic carbocycles. The maximum Gasteiger partial charge on any atom is 0.321 e. The predicted molar refractivity (Wildman–Crippen MR) is 78.9 cm³/mol. The van der Waals surface area contributed by atoms with Crippen molar-refractivity contribution in [3.05, 3.63) is 23.5 Å². The van der Waals surface area contributed by atoms with Gasteiger partial charge in [0.15, 0.2) is 0 Å². The molecule has 2 amide bonds. The largest absolute Gasteiger partial charge is 0.323 e. The zero-order valence-electron chi connectivity index (χ0n) is 10.5. The number of halogens is 1. The normalized spacial score (nSPS) is 26.1. The van der Waals surface area contributed by atoms with Gasteiger partial charge in [-0.2, -0.15) is 11.8 Å². The molecule has 2 atom stereocenters. The first-order chi connectivity index (χ1) is 9.20. The number of carbonyl (C=O) groups excluding carboxylic acids is 1. The minimum atomic E-state index is -0.0303. The fourth-order valence-electron chi connectivity index (χ4n) is 2.60. The second-order valence-electron chi connectivity index (χ2n) is 4.99. The molecule has 2 unspecified atom stereocenters. The van der Waals surface area contributed by atoms with Crippen molar-refractivity contribution in [3.8, 4) is 0 Å². The van der Waals surface area contributed by atoms with Crippen LogP contribution in [0, 0.1) is 0 Å². The molecule has 3 heterocycles. The second kappa shape index (κ2) is 5.59. The number of fused-ring (bicyclic) bond motifs is 2. The Kier molecular flexibility index (Phi) is 3.84. The van der Waals surface area contributed by atoms with E-state index in [1.54, 1.807) is 18.3 Å². The number of rotatable bonds is 1. The molecule has 6 heteroatoms. The van der Waals surface area contributed by atoms with Crippen molar-refractivity contribution in [1.82, 2.24) is 9.88 Å². The van der Waals surface area contributed by atoms with Crippen LogP contribution in [0.25, 0.3) is 0 Å². The van der Waals surface area contributed by atoms with Gasteiger partial charge in [0, 0.05) is 23.6 Å². The van der Waals surface area contributed by atoms with Gasteiger partial charge < -0.3 is 10.2 Å². The van der Waals surface area contributed by atoms with Crippen molar-refractivity contribution in [2.24, 2.45) is 0 Å². The first kappa shape index (κ1) is 13.1. The topological polar surface area (TPSA) is 45.2 Å². The second-order valence-corrected chi connectivity index (χ2v) is 6.98. The van der Waals surface area contributed by atoms with Crippen molar-refractivity contribution < 1.29 is 4.79 Å². The number of thioether (sulfide) groups is 1. The Hall–Kier alpha value is -0.940. The Morgan fingerprint density at radius 2 is 2.21 bits per heavy atom. The Bertz CT molecular complexity index is 467. The highest BCUT2D eigenvalue weighted by Gasteiger charge is 2.32. The maximum atomic E-state index is 12.2. The summed E-state index contributed by atoms with van der Waals surface area (Å²) < 4.78 is 0. The standard InChI is InChI=1S/C13H16ClN3OS/c14-12-4-1-9(7-15-12)16-13(18)17-6-5-10-2-3-11(8-17)19-10/h1,4,7,10-11H,2-3,5-6,8H2,(H,16,18). The number of carbonyl (C=O) groups is 1. The first-order valence-corrected chi connectivity index (χ1v) is 7.86. The summed E-state index contributed by atoms with van der Waals surface area (Å²) in [7, 11) is 0. The van der Waals surface area contributed by atoms with E-state index in [4.69, 9.17) is 11.6 Å². The first-order valence-electron chi connectivity index (χ1n) is 6.53. The predicted octanol–water partition coefficient (Wildman–Crippen LogP) is 3.24. The molecule has 0 radical (unpaired) electrons. The van der Waals surface area contributed by atoms with E-state index in [0.717, 1.165) is 24.8 Å². The van der Waals surface area contributed by atoms with E-state index >= 15 is 0 Å². The lowest BCUT2D eigenvalue weighted by Gasteiger charge is -2.24. The van der Waals surface area contributed by atoms with E-state index in [0.29, 0.717) is 16.1 Å². The van der Waals surface area contributed by atoms with Gasteiger partial charge >= 0.3 is 6.03 Å². The smallest absolute Gasteiger partial charge is 0.321 e. The Labute approximate surface area is 121 Å². The van der Waals surface area contributed by atoms with E-state index in [2.05, 4.69) is 22.1 Å². The minimum Gasteiger partial charge on any atom is -0.323 e. The van der Waals surface area contributed by atoms with Crippen molar-refractivity contribution in [2.75, 3.05) is 18.4 Å². The molecule has 3 rings (SSSR count). The van der Waals surface area contributed by atoms with Crippen LogP contribution in [-0.4, -0.2) is 39.5 Å². The average molecular weight is 298 g/mol. The van der Waals surface area contributed by atoms with Gasteiger partial charge in [-0.05, 0) is 31.4 Å². The Morgan fingerprint density at radius 3 is 3.00 bits per heavy atom. The van der Waals surface area contributed by atoms with Gasteiger partial charge in [-0.25, -0.2) is 9.78 Å². The molecule has 2 fully saturated rings. The average Bonchev–Trinajstić information content (AvgIpc) is 2.71. The van der Waals surface area contributed by atoms with Crippen LogP contribution in [0.1, 0.15) is 19.3 Å². The number of amides is 2. The number of aromatic nitrogens is 1. The van der Waals surface area contributed by atoms with Crippen LogP contribution in [0.2, 0.25) is 5.15 Å². The Morgan fingerprint density at radius 1 is 1.37 bits per heavy atom. The van der Waals surface area contributed by atoms with E-state index in [1.807, 2.05) is 4.90 Å².